The van der Waals surface area contributed by atoms with Gasteiger partial charge in [0.05, 0.1) is 4.90 Å². The SMILES string of the molecule is Cc1cc(NCc2ccc(S(C)(=O)=O)cc2)c(Br)cc1N. The highest BCUT2D eigenvalue weighted by Crippen LogP contribution is 2.28. The Balaban J connectivity index is 2.12. The maximum Gasteiger partial charge on any atom is 0.175 e. The molecule has 0 aliphatic carbocycles. The Hall–Kier alpha value is -1.53. The van der Waals surface area contributed by atoms with Gasteiger partial charge in [0, 0.05) is 28.6 Å². The number of benzene rings is 2. The number of hydrogen-bond acceptors (Lipinski definition) is 4. The molecule has 0 aliphatic heterocycles. The molecule has 3 N–H and O–H groups in total. The van der Waals surface area contributed by atoms with Crippen LogP contribution in [0.5, 0.6) is 0 Å². The lowest BCUT2D eigenvalue weighted by atomic mass is 10.1. The molecule has 21 heavy (non-hydrogen) atoms. The van der Waals surface area contributed by atoms with Crippen molar-refractivity contribution in [2.45, 2.75) is 18.4 Å². The second-order valence-corrected chi connectivity index (χ2v) is 7.83. The van der Waals surface area contributed by atoms with Gasteiger partial charge in [-0.25, -0.2) is 8.42 Å². The Morgan fingerprint density at radius 2 is 1.81 bits per heavy atom. The molecule has 0 spiro atoms. The van der Waals surface area contributed by atoms with Crippen molar-refractivity contribution < 1.29 is 8.42 Å². The third kappa shape index (κ3) is 3.98. The minimum absolute atomic E-state index is 0.329. The molecule has 0 unspecified atom stereocenters. The quantitative estimate of drug-likeness (QED) is 0.811. The van der Waals surface area contributed by atoms with Crippen LogP contribution in [-0.2, 0) is 16.4 Å². The van der Waals surface area contributed by atoms with E-state index < -0.39 is 9.84 Å². The standard InChI is InChI=1S/C15H17BrN2O2S/c1-10-7-15(13(16)8-14(10)17)18-9-11-3-5-12(6-4-11)21(2,19)20/h3-8,18H,9,17H2,1-2H3. The van der Waals surface area contributed by atoms with Gasteiger partial charge in [0.2, 0.25) is 0 Å². The van der Waals surface area contributed by atoms with Crippen molar-refractivity contribution in [1.82, 2.24) is 0 Å². The van der Waals surface area contributed by atoms with Gasteiger partial charge >= 0.3 is 0 Å². The molecule has 0 saturated heterocycles. The number of halogens is 1. The summed E-state index contributed by atoms with van der Waals surface area (Å²) in [6.07, 6.45) is 1.20. The second kappa shape index (κ2) is 6.07. The van der Waals surface area contributed by atoms with Crippen LogP contribution >= 0.6 is 15.9 Å². The minimum Gasteiger partial charge on any atom is -0.398 e. The molecular formula is C15H17BrN2O2S. The Kier molecular flexibility index (Phi) is 4.58. The molecule has 0 fully saturated rings. The van der Waals surface area contributed by atoms with Crippen LogP contribution in [0, 0.1) is 6.92 Å². The lowest BCUT2D eigenvalue weighted by Gasteiger charge is -2.11. The van der Waals surface area contributed by atoms with Crippen LogP contribution in [0.15, 0.2) is 45.8 Å². The van der Waals surface area contributed by atoms with E-state index in [9.17, 15) is 8.42 Å². The zero-order valence-corrected chi connectivity index (χ0v) is 14.3. The predicted octanol–water partition coefficient (Wildman–Crippen LogP) is 3.36. The first-order valence-electron chi connectivity index (χ1n) is 6.36. The van der Waals surface area contributed by atoms with Crippen LogP contribution < -0.4 is 11.1 Å². The summed E-state index contributed by atoms with van der Waals surface area (Å²) in [6.45, 7) is 2.56. The largest absolute Gasteiger partial charge is 0.398 e. The normalized spacial score (nSPS) is 11.4. The maximum absolute atomic E-state index is 11.4. The first kappa shape index (κ1) is 15.9. The van der Waals surface area contributed by atoms with E-state index in [1.54, 1.807) is 24.3 Å². The first-order valence-corrected chi connectivity index (χ1v) is 9.04. The summed E-state index contributed by atoms with van der Waals surface area (Å²) in [5, 5.41) is 3.30. The molecule has 0 amide bonds. The Morgan fingerprint density at radius 3 is 2.38 bits per heavy atom. The summed E-state index contributed by atoms with van der Waals surface area (Å²) in [6, 6.07) is 10.7. The van der Waals surface area contributed by atoms with Gasteiger partial charge in [0.25, 0.3) is 0 Å². The zero-order chi connectivity index (χ0) is 15.6. The summed E-state index contributed by atoms with van der Waals surface area (Å²) in [5.41, 5.74) is 9.54. The maximum atomic E-state index is 11.4. The molecule has 0 radical (unpaired) electrons. The van der Waals surface area contributed by atoms with Gasteiger partial charge in [0.1, 0.15) is 0 Å². The molecule has 2 aromatic carbocycles. The second-order valence-electron chi connectivity index (χ2n) is 4.96. The Labute approximate surface area is 133 Å². The predicted molar refractivity (Wildman–Crippen MR) is 90.2 cm³/mol. The number of rotatable bonds is 4. The number of nitrogen functional groups attached to an aromatic ring is 1. The van der Waals surface area contributed by atoms with Crippen molar-refractivity contribution in [3.63, 3.8) is 0 Å². The average molecular weight is 369 g/mol. The van der Waals surface area contributed by atoms with E-state index in [1.807, 2.05) is 19.1 Å². The van der Waals surface area contributed by atoms with Crippen LogP contribution in [0.1, 0.15) is 11.1 Å². The van der Waals surface area contributed by atoms with E-state index >= 15 is 0 Å². The van der Waals surface area contributed by atoms with E-state index in [2.05, 4.69) is 21.2 Å². The highest BCUT2D eigenvalue weighted by molar-refractivity contribution is 9.10. The molecule has 4 nitrogen and oxygen atoms in total. The van der Waals surface area contributed by atoms with Gasteiger partial charge in [-0.15, -0.1) is 0 Å². The fourth-order valence-electron chi connectivity index (χ4n) is 1.88. The summed E-state index contributed by atoms with van der Waals surface area (Å²) in [7, 11) is -3.15. The molecule has 0 heterocycles. The van der Waals surface area contributed by atoms with E-state index in [0.717, 1.165) is 27.0 Å². The van der Waals surface area contributed by atoms with Gasteiger partial charge in [-0.05, 0) is 58.2 Å². The zero-order valence-electron chi connectivity index (χ0n) is 11.9. The van der Waals surface area contributed by atoms with Crippen LogP contribution in [0.2, 0.25) is 0 Å². The highest BCUT2D eigenvalue weighted by atomic mass is 79.9. The number of nitrogens with two attached hydrogens (primary N) is 1. The van der Waals surface area contributed by atoms with Crippen molar-refractivity contribution in [1.29, 1.82) is 0 Å². The number of nitrogens with one attached hydrogen (secondary N) is 1. The summed E-state index contributed by atoms with van der Waals surface area (Å²) in [5.74, 6) is 0. The van der Waals surface area contributed by atoms with Crippen molar-refractivity contribution >= 4 is 37.1 Å². The fourth-order valence-corrected chi connectivity index (χ4v) is 3.02. The molecule has 6 heteroatoms. The van der Waals surface area contributed by atoms with E-state index in [0.29, 0.717) is 11.4 Å². The number of sulfone groups is 1. The molecule has 2 rings (SSSR count). The monoisotopic (exact) mass is 368 g/mol. The Bertz CT molecular complexity index is 756. The molecule has 2 aromatic rings. The van der Waals surface area contributed by atoms with Crippen LogP contribution in [0.25, 0.3) is 0 Å². The average Bonchev–Trinajstić information content (AvgIpc) is 2.41. The molecule has 0 aliphatic rings. The van der Waals surface area contributed by atoms with E-state index in [1.165, 1.54) is 6.26 Å². The van der Waals surface area contributed by atoms with Gasteiger partial charge in [-0.1, -0.05) is 12.1 Å². The van der Waals surface area contributed by atoms with Crippen LogP contribution in [0.3, 0.4) is 0 Å². The molecule has 112 valence electrons. The minimum atomic E-state index is -3.15. The number of anilines is 2. The topological polar surface area (TPSA) is 72.2 Å². The van der Waals surface area contributed by atoms with Crippen molar-refractivity contribution in [2.24, 2.45) is 0 Å². The summed E-state index contributed by atoms with van der Waals surface area (Å²) < 4.78 is 23.7. The van der Waals surface area contributed by atoms with E-state index in [4.69, 9.17) is 5.73 Å². The fraction of sp³-hybridized carbons (Fsp3) is 0.200. The smallest absolute Gasteiger partial charge is 0.175 e. The van der Waals surface area contributed by atoms with Crippen molar-refractivity contribution in [3.8, 4) is 0 Å². The van der Waals surface area contributed by atoms with Crippen molar-refractivity contribution in [3.05, 3.63) is 52.0 Å². The number of hydrogen-bond donors (Lipinski definition) is 2. The van der Waals surface area contributed by atoms with Gasteiger partial charge < -0.3 is 11.1 Å². The molecular weight excluding hydrogens is 352 g/mol. The van der Waals surface area contributed by atoms with E-state index in [-0.39, 0.29) is 0 Å². The van der Waals surface area contributed by atoms with Crippen molar-refractivity contribution in [2.75, 3.05) is 17.3 Å². The first-order chi connectivity index (χ1) is 9.77. The molecule has 0 atom stereocenters. The number of aryl methyl sites for hydroxylation is 1. The van der Waals surface area contributed by atoms with Gasteiger partial charge in [-0.2, -0.15) is 0 Å². The molecule has 0 saturated carbocycles. The molecule has 0 aromatic heterocycles. The lowest BCUT2D eigenvalue weighted by molar-refractivity contribution is 0.602. The van der Waals surface area contributed by atoms with Gasteiger partial charge in [0.15, 0.2) is 9.84 Å². The third-order valence-corrected chi connectivity index (χ3v) is 4.97. The highest BCUT2D eigenvalue weighted by Gasteiger charge is 2.07. The summed E-state index contributed by atoms with van der Waals surface area (Å²) >= 11 is 3.47. The van der Waals surface area contributed by atoms with Gasteiger partial charge in [-0.3, -0.25) is 0 Å². The lowest BCUT2D eigenvalue weighted by Crippen LogP contribution is -2.02. The molecule has 0 bridgehead atoms. The van der Waals surface area contributed by atoms with Crippen LogP contribution in [-0.4, -0.2) is 14.7 Å². The summed E-state index contributed by atoms with van der Waals surface area (Å²) in [4.78, 5) is 0.329. The third-order valence-electron chi connectivity index (χ3n) is 3.19. The Morgan fingerprint density at radius 1 is 1.19 bits per heavy atom. The van der Waals surface area contributed by atoms with Crippen LogP contribution in [0.4, 0.5) is 11.4 Å².